The van der Waals surface area contributed by atoms with Crippen LogP contribution >= 0.6 is 0 Å². The van der Waals surface area contributed by atoms with E-state index in [2.05, 4.69) is 9.71 Å². The molecule has 5 nitrogen and oxygen atoms in total. The zero-order chi connectivity index (χ0) is 15.6. The largest absolute Gasteiger partial charge is 0.496 e. The zero-order valence-corrected chi connectivity index (χ0v) is 13.5. The van der Waals surface area contributed by atoms with Crippen LogP contribution in [0, 0.1) is 20.8 Å². The van der Waals surface area contributed by atoms with Crippen LogP contribution in [0.2, 0.25) is 0 Å². The van der Waals surface area contributed by atoms with Crippen LogP contribution in [0.5, 0.6) is 5.75 Å². The molecule has 0 radical (unpaired) electrons. The van der Waals surface area contributed by atoms with Crippen LogP contribution in [0.4, 0.5) is 0 Å². The number of rotatable bonds is 5. The quantitative estimate of drug-likeness (QED) is 0.891. The Balaban J connectivity index is 2.18. The molecule has 1 heterocycles. The van der Waals surface area contributed by atoms with Gasteiger partial charge in [0, 0.05) is 17.9 Å². The van der Waals surface area contributed by atoms with E-state index in [1.54, 1.807) is 25.3 Å². The third kappa shape index (κ3) is 3.46. The molecule has 0 bridgehead atoms. The van der Waals surface area contributed by atoms with E-state index in [1.807, 2.05) is 26.8 Å². The molecular formula is C15H20N2O3S. The van der Waals surface area contributed by atoms with Gasteiger partial charge in [0.1, 0.15) is 5.75 Å². The number of hydrogen-bond donors (Lipinski definition) is 2. The van der Waals surface area contributed by atoms with Gasteiger partial charge in [0.25, 0.3) is 0 Å². The van der Waals surface area contributed by atoms with Crippen LogP contribution < -0.4 is 9.46 Å². The highest BCUT2D eigenvalue weighted by Gasteiger charge is 2.16. The summed E-state index contributed by atoms with van der Waals surface area (Å²) in [5, 5.41) is 0. The molecule has 0 atom stereocenters. The Labute approximate surface area is 125 Å². The van der Waals surface area contributed by atoms with Gasteiger partial charge in [-0.05, 0) is 56.2 Å². The third-order valence-corrected chi connectivity index (χ3v) is 4.79. The van der Waals surface area contributed by atoms with Gasteiger partial charge < -0.3 is 9.72 Å². The number of benzene rings is 1. The monoisotopic (exact) mass is 308 g/mol. The Morgan fingerprint density at radius 3 is 2.43 bits per heavy atom. The molecule has 6 heteroatoms. The second-order valence-corrected chi connectivity index (χ2v) is 6.83. The first kappa shape index (κ1) is 15.6. The molecule has 0 fully saturated rings. The molecule has 0 saturated heterocycles. The van der Waals surface area contributed by atoms with Gasteiger partial charge in [0.15, 0.2) is 0 Å². The molecule has 0 spiro atoms. The average molecular weight is 308 g/mol. The summed E-state index contributed by atoms with van der Waals surface area (Å²) in [6.07, 6.45) is 0. The Morgan fingerprint density at radius 1 is 1.19 bits per heavy atom. The Bertz CT molecular complexity index is 748. The number of sulfonamides is 1. The highest BCUT2D eigenvalue weighted by Crippen LogP contribution is 2.21. The number of aromatic amines is 1. The highest BCUT2D eigenvalue weighted by molar-refractivity contribution is 7.89. The maximum absolute atomic E-state index is 12.3. The van der Waals surface area contributed by atoms with Crippen molar-refractivity contribution in [2.75, 3.05) is 7.11 Å². The highest BCUT2D eigenvalue weighted by atomic mass is 32.2. The Morgan fingerprint density at radius 2 is 1.90 bits per heavy atom. The minimum Gasteiger partial charge on any atom is -0.496 e. The number of nitrogens with one attached hydrogen (secondary N) is 2. The van der Waals surface area contributed by atoms with Gasteiger partial charge in [-0.2, -0.15) is 0 Å². The van der Waals surface area contributed by atoms with Crippen LogP contribution in [-0.4, -0.2) is 20.5 Å². The zero-order valence-electron chi connectivity index (χ0n) is 12.6. The van der Waals surface area contributed by atoms with Gasteiger partial charge in [-0.3, -0.25) is 0 Å². The van der Waals surface area contributed by atoms with Gasteiger partial charge >= 0.3 is 0 Å². The van der Waals surface area contributed by atoms with E-state index in [-0.39, 0.29) is 11.4 Å². The lowest BCUT2D eigenvalue weighted by Gasteiger charge is -2.09. The predicted molar refractivity (Wildman–Crippen MR) is 82.0 cm³/mol. The number of ether oxygens (including phenoxy) is 1. The summed E-state index contributed by atoms with van der Waals surface area (Å²) in [5.41, 5.74) is 3.72. The van der Waals surface area contributed by atoms with Gasteiger partial charge in [-0.25, -0.2) is 13.1 Å². The fraction of sp³-hybridized carbons (Fsp3) is 0.333. The maximum atomic E-state index is 12.3. The van der Waals surface area contributed by atoms with E-state index in [1.165, 1.54) is 0 Å². The molecule has 2 aromatic rings. The van der Waals surface area contributed by atoms with Crippen molar-refractivity contribution in [1.29, 1.82) is 0 Å². The fourth-order valence-corrected chi connectivity index (χ4v) is 3.33. The van der Waals surface area contributed by atoms with Crippen LogP contribution in [-0.2, 0) is 16.6 Å². The van der Waals surface area contributed by atoms with Crippen LogP contribution in [0.3, 0.4) is 0 Å². The Hall–Kier alpha value is -1.79. The van der Waals surface area contributed by atoms with E-state index in [4.69, 9.17) is 4.74 Å². The van der Waals surface area contributed by atoms with Crippen molar-refractivity contribution in [1.82, 2.24) is 9.71 Å². The lowest BCUT2D eigenvalue weighted by atomic mass is 10.2. The molecule has 0 saturated carbocycles. The molecule has 0 aliphatic carbocycles. The van der Waals surface area contributed by atoms with E-state index in [0.717, 1.165) is 22.5 Å². The van der Waals surface area contributed by atoms with Crippen molar-refractivity contribution in [3.05, 3.63) is 46.8 Å². The number of methoxy groups -OCH3 is 1. The lowest BCUT2D eigenvalue weighted by Crippen LogP contribution is -2.23. The fourth-order valence-electron chi connectivity index (χ4n) is 2.24. The minimum atomic E-state index is -3.53. The number of H-pyrrole nitrogens is 1. The molecule has 0 aliphatic rings. The first-order chi connectivity index (χ1) is 9.83. The first-order valence-electron chi connectivity index (χ1n) is 6.63. The van der Waals surface area contributed by atoms with Gasteiger partial charge in [0.05, 0.1) is 12.0 Å². The van der Waals surface area contributed by atoms with Crippen molar-refractivity contribution in [2.24, 2.45) is 0 Å². The van der Waals surface area contributed by atoms with E-state index in [0.29, 0.717) is 5.75 Å². The average Bonchev–Trinajstić information content (AvgIpc) is 2.74. The summed E-state index contributed by atoms with van der Waals surface area (Å²) in [6.45, 7) is 5.95. The third-order valence-electron chi connectivity index (χ3n) is 3.39. The van der Waals surface area contributed by atoms with Crippen molar-refractivity contribution < 1.29 is 13.2 Å². The van der Waals surface area contributed by atoms with Crippen LogP contribution in [0.25, 0.3) is 0 Å². The normalized spacial score (nSPS) is 11.6. The van der Waals surface area contributed by atoms with Crippen molar-refractivity contribution in [3.8, 4) is 5.75 Å². The molecule has 1 aromatic heterocycles. The molecule has 0 amide bonds. The van der Waals surface area contributed by atoms with Gasteiger partial charge in [-0.1, -0.05) is 0 Å². The summed E-state index contributed by atoms with van der Waals surface area (Å²) in [6, 6.07) is 6.76. The number of hydrogen-bond acceptors (Lipinski definition) is 3. The van der Waals surface area contributed by atoms with Crippen molar-refractivity contribution in [3.63, 3.8) is 0 Å². The molecular weight excluding hydrogens is 288 g/mol. The van der Waals surface area contributed by atoms with Crippen LogP contribution in [0.15, 0.2) is 29.2 Å². The maximum Gasteiger partial charge on any atom is 0.240 e. The molecule has 1 aromatic carbocycles. The number of aromatic nitrogens is 1. The van der Waals surface area contributed by atoms with E-state index < -0.39 is 10.0 Å². The van der Waals surface area contributed by atoms with E-state index in [9.17, 15) is 8.42 Å². The summed E-state index contributed by atoms with van der Waals surface area (Å²) >= 11 is 0. The van der Waals surface area contributed by atoms with Crippen LogP contribution in [0.1, 0.15) is 22.5 Å². The SMILES string of the molecule is COc1ccc(S(=O)(=O)NCc2cc(C)[nH]c2C)cc1C. The molecule has 0 unspecified atom stereocenters. The topological polar surface area (TPSA) is 71.2 Å². The predicted octanol–water partition coefficient (Wildman–Crippen LogP) is 2.43. The number of aryl methyl sites for hydroxylation is 3. The summed E-state index contributed by atoms with van der Waals surface area (Å²) in [7, 11) is -1.97. The van der Waals surface area contributed by atoms with Crippen molar-refractivity contribution >= 4 is 10.0 Å². The second-order valence-electron chi connectivity index (χ2n) is 5.06. The molecule has 0 aliphatic heterocycles. The first-order valence-corrected chi connectivity index (χ1v) is 8.11. The van der Waals surface area contributed by atoms with Gasteiger partial charge in [0.2, 0.25) is 10.0 Å². The standard InChI is InChI=1S/C15H20N2O3S/c1-10-7-14(5-6-15(10)20-4)21(18,19)16-9-13-8-11(2)17-12(13)3/h5-8,16-17H,9H2,1-4H3. The van der Waals surface area contributed by atoms with Gasteiger partial charge in [-0.15, -0.1) is 0 Å². The van der Waals surface area contributed by atoms with E-state index >= 15 is 0 Å². The molecule has 114 valence electrons. The second kappa shape index (κ2) is 5.91. The minimum absolute atomic E-state index is 0.241. The lowest BCUT2D eigenvalue weighted by molar-refractivity contribution is 0.411. The molecule has 2 rings (SSSR count). The smallest absolute Gasteiger partial charge is 0.240 e. The molecule has 2 N–H and O–H groups in total. The Kier molecular flexibility index (Phi) is 4.39. The summed E-state index contributed by atoms with van der Waals surface area (Å²) in [5.74, 6) is 0.672. The summed E-state index contributed by atoms with van der Waals surface area (Å²) < 4.78 is 32.4. The van der Waals surface area contributed by atoms with Crippen molar-refractivity contribution in [2.45, 2.75) is 32.2 Å². The summed E-state index contributed by atoms with van der Waals surface area (Å²) in [4.78, 5) is 3.40. The molecule has 21 heavy (non-hydrogen) atoms.